The molecular weight excluding hydrogens is 645 g/mol. The molecule has 1 aliphatic carbocycles. The highest BCUT2D eigenvalue weighted by molar-refractivity contribution is 6.15. The Bertz CT molecular complexity index is 2820. The summed E-state index contributed by atoms with van der Waals surface area (Å²) in [7, 11) is 0. The molecule has 0 spiro atoms. The molecule has 0 radical (unpaired) electrons. The Kier molecular flexibility index (Phi) is 6.97. The third-order valence-electron chi connectivity index (χ3n) is 11.6. The second-order valence-corrected chi connectivity index (χ2v) is 16.0. The molecule has 1 aliphatic rings. The summed E-state index contributed by atoms with van der Waals surface area (Å²) < 4.78 is 2.55. The maximum absolute atomic E-state index is 5.08. The monoisotopic (exact) mass is 684 g/mol. The van der Waals surface area contributed by atoms with Gasteiger partial charge in [-0.2, -0.15) is 0 Å². The second-order valence-electron chi connectivity index (χ2n) is 16.0. The van der Waals surface area contributed by atoms with Gasteiger partial charge in [0.1, 0.15) is 0 Å². The summed E-state index contributed by atoms with van der Waals surface area (Å²) in [4.78, 5) is 15.1. The van der Waals surface area contributed by atoms with Crippen molar-refractivity contribution >= 4 is 43.4 Å². The topological polar surface area (TPSA) is 43.6 Å². The average molecular weight is 685 g/mol. The molecule has 0 saturated heterocycles. The van der Waals surface area contributed by atoms with Gasteiger partial charge in [0.25, 0.3) is 0 Å². The van der Waals surface area contributed by atoms with Gasteiger partial charge in [-0.3, -0.25) is 0 Å². The summed E-state index contributed by atoms with van der Waals surface area (Å²) in [5, 5.41) is 7.37. The number of hydrogen-bond donors (Lipinski definition) is 0. The molecule has 0 fully saturated rings. The zero-order valence-corrected chi connectivity index (χ0v) is 30.6. The maximum atomic E-state index is 5.08. The van der Waals surface area contributed by atoms with E-state index >= 15 is 0 Å². The standard InChI is InChI=1S/C49H40N4/c1-48(2)26-27-49(3,4)43-41(48)25-24-38-40-29-33-18-11-12-19-34(33)30-42(40)53(44(38)43)36-22-23-37-35(28-36)20-13-21-39(37)47-51-45(31-14-7-5-8-15-31)50-46(52-47)32-16-9-6-10-17-32/h5-25,28-30H,26-27H2,1-4H3. The predicted molar refractivity (Wildman–Crippen MR) is 221 cm³/mol. The molecule has 53 heavy (non-hydrogen) atoms. The summed E-state index contributed by atoms with van der Waals surface area (Å²) in [6.07, 6.45) is 2.33. The molecule has 0 atom stereocenters. The van der Waals surface area contributed by atoms with Crippen molar-refractivity contribution in [3.8, 4) is 39.9 Å². The molecule has 0 amide bonds. The van der Waals surface area contributed by atoms with Crippen molar-refractivity contribution in [2.45, 2.75) is 51.4 Å². The summed E-state index contributed by atoms with van der Waals surface area (Å²) in [6, 6.07) is 52.1. The first-order valence-corrected chi connectivity index (χ1v) is 18.7. The van der Waals surface area contributed by atoms with Gasteiger partial charge >= 0.3 is 0 Å². The van der Waals surface area contributed by atoms with E-state index < -0.39 is 0 Å². The van der Waals surface area contributed by atoms with Crippen molar-refractivity contribution in [1.29, 1.82) is 0 Å². The van der Waals surface area contributed by atoms with E-state index in [1.807, 2.05) is 36.4 Å². The minimum atomic E-state index is 0.0333. The SMILES string of the molecule is CC1(C)CCC(C)(C)c2c1ccc1c3cc4ccccc4cc3n(-c3ccc4c(-c5nc(-c6ccccc6)nc(-c6ccccc6)n5)cccc4c3)c21. The Labute approximate surface area is 309 Å². The summed E-state index contributed by atoms with van der Waals surface area (Å²) in [5.74, 6) is 1.99. The Morgan fingerprint density at radius 2 is 1.06 bits per heavy atom. The Morgan fingerprint density at radius 3 is 1.75 bits per heavy atom. The lowest BCUT2D eigenvalue weighted by Gasteiger charge is -2.42. The van der Waals surface area contributed by atoms with Crippen molar-refractivity contribution in [2.75, 3.05) is 0 Å². The molecule has 0 N–H and O–H groups in total. The lowest BCUT2D eigenvalue weighted by Crippen LogP contribution is -2.34. The quantitative estimate of drug-likeness (QED) is 0.185. The molecular formula is C49H40N4. The van der Waals surface area contributed by atoms with Gasteiger partial charge in [0.2, 0.25) is 0 Å². The first-order chi connectivity index (χ1) is 25.7. The molecule has 4 heteroatoms. The number of rotatable bonds is 4. The van der Waals surface area contributed by atoms with Gasteiger partial charge in [0.15, 0.2) is 17.5 Å². The van der Waals surface area contributed by atoms with Gasteiger partial charge in [0, 0.05) is 33.2 Å². The van der Waals surface area contributed by atoms with E-state index in [0.29, 0.717) is 17.5 Å². The Balaban J connectivity index is 1.23. The number of nitrogens with zero attached hydrogens (tertiary/aromatic N) is 4. The largest absolute Gasteiger partial charge is 0.309 e. The van der Waals surface area contributed by atoms with Gasteiger partial charge in [-0.15, -0.1) is 0 Å². The van der Waals surface area contributed by atoms with Crippen LogP contribution in [0.2, 0.25) is 0 Å². The molecule has 0 unspecified atom stereocenters. The molecule has 0 aliphatic heterocycles. The molecule has 10 rings (SSSR count). The van der Waals surface area contributed by atoms with E-state index in [1.165, 1.54) is 50.1 Å². The minimum Gasteiger partial charge on any atom is -0.309 e. The molecule has 2 aromatic heterocycles. The van der Waals surface area contributed by atoms with Crippen LogP contribution in [0.25, 0.3) is 83.2 Å². The third kappa shape index (κ3) is 5.08. The van der Waals surface area contributed by atoms with E-state index in [4.69, 9.17) is 15.0 Å². The fourth-order valence-corrected chi connectivity index (χ4v) is 8.73. The van der Waals surface area contributed by atoms with Crippen LogP contribution in [-0.2, 0) is 10.8 Å². The second kappa shape index (κ2) is 11.7. The fraction of sp³-hybridized carbons (Fsp3) is 0.163. The van der Waals surface area contributed by atoms with Crippen molar-refractivity contribution in [2.24, 2.45) is 0 Å². The third-order valence-corrected chi connectivity index (χ3v) is 11.6. The van der Waals surface area contributed by atoms with Crippen LogP contribution in [0.3, 0.4) is 0 Å². The van der Waals surface area contributed by atoms with E-state index in [0.717, 1.165) is 39.6 Å². The Hall–Kier alpha value is -6.13. The van der Waals surface area contributed by atoms with Crippen molar-refractivity contribution in [3.05, 3.63) is 157 Å². The number of hydrogen-bond acceptors (Lipinski definition) is 3. The van der Waals surface area contributed by atoms with Gasteiger partial charge in [-0.25, -0.2) is 15.0 Å². The molecule has 2 heterocycles. The number of aromatic nitrogens is 4. The highest BCUT2D eigenvalue weighted by Crippen LogP contribution is 2.51. The molecule has 0 saturated carbocycles. The highest BCUT2D eigenvalue weighted by Gasteiger charge is 2.39. The highest BCUT2D eigenvalue weighted by atomic mass is 15.0. The van der Waals surface area contributed by atoms with Crippen LogP contribution in [0.5, 0.6) is 0 Å². The lowest BCUT2D eigenvalue weighted by atomic mass is 9.62. The van der Waals surface area contributed by atoms with E-state index in [-0.39, 0.29) is 10.8 Å². The fourth-order valence-electron chi connectivity index (χ4n) is 8.73. The van der Waals surface area contributed by atoms with E-state index in [2.05, 4.69) is 141 Å². The molecule has 256 valence electrons. The zero-order valence-electron chi connectivity index (χ0n) is 30.6. The van der Waals surface area contributed by atoms with Gasteiger partial charge in [0.05, 0.1) is 11.0 Å². The van der Waals surface area contributed by atoms with Crippen molar-refractivity contribution in [1.82, 2.24) is 19.5 Å². The van der Waals surface area contributed by atoms with Gasteiger partial charge in [-0.1, -0.05) is 149 Å². The van der Waals surface area contributed by atoms with Gasteiger partial charge < -0.3 is 4.57 Å². The predicted octanol–water partition coefficient (Wildman–Crippen LogP) is 12.6. The number of benzene rings is 7. The average Bonchev–Trinajstić information content (AvgIpc) is 3.51. The van der Waals surface area contributed by atoms with Crippen molar-refractivity contribution in [3.63, 3.8) is 0 Å². The first kappa shape index (κ1) is 31.6. The lowest BCUT2D eigenvalue weighted by molar-refractivity contribution is 0.334. The van der Waals surface area contributed by atoms with Crippen LogP contribution in [0, 0.1) is 0 Å². The van der Waals surface area contributed by atoms with E-state index in [9.17, 15) is 0 Å². The zero-order chi connectivity index (χ0) is 35.9. The molecule has 4 nitrogen and oxygen atoms in total. The maximum Gasteiger partial charge on any atom is 0.164 e. The Morgan fingerprint density at radius 1 is 0.472 bits per heavy atom. The minimum absolute atomic E-state index is 0.0333. The van der Waals surface area contributed by atoms with E-state index in [1.54, 1.807) is 0 Å². The normalized spacial score (nSPS) is 14.9. The summed E-state index contributed by atoms with van der Waals surface area (Å²) >= 11 is 0. The van der Waals surface area contributed by atoms with Crippen LogP contribution in [0.4, 0.5) is 0 Å². The van der Waals surface area contributed by atoms with Crippen LogP contribution in [-0.4, -0.2) is 19.5 Å². The van der Waals surface area contributed by atoms with Crippen LogP contribution < -0.4 is 0 Å². The summed E-state index contributed by atoms with van der Waals surface area (Å²) in [5.41, 5.74) is 9.72. The smallest absolute Gasteiger partial charge is 0.164 e. The first-order valence-electron chi connectivity index (χ1n) is 18.7. The van der Waals surface area contributed by atoms with Gasteiger partial charge in [-0.05, 0) is 80.6 Å². The molecule has 0 bridgehead atoms. The number of fused-ring (bicyclic) bond motifs is 7. The van der Waals surface area contributed by atoms with Crippen molar-refractivity contribution < 1.29 is 0 Å². The molecule has 9 aromatic rings. The summed E-state index contributed by atoms with van der Waals surface area (Å²) in [6.45, 7) is 9.71. The van der Waals surface area contributed by atoms with Crippen LogP contribution in [0.15, 0.2) is 146 Å². The van der Waals surface area contributed by atoms with Crippen LogP contribution >= 0.6 is 0 Å². The van der Waals surface area contributed by atoms with Crippen LogP contribution in [0.1, 0.15) is 51.7 Å². The molecule has 7 aromatic carbocycles.